The van der Waals surface area contributed by atoms with Crippen molar-refractivity contribution in [2.45, 2.75) is 44.9 Å². The summed E-state index contributed by atoms with van der Waals surface area (Å²) in [6, 6.07) is 6.42. The summed E-state index contributed by atoms with van der Waals surface area (Å²) in [6.07, 6.45) is 4.62. The van der Waals surface area contributed by atoms with Crippen LogP contribution in [-0.2, 0) is 16.1 Å². The molecular weight excluding hydrogens is 364 g/mol. The zero-order chi connectivity index (χ0) is 19.0. The summed E-state index contributed by atoms with van der Waals surface area (Å²) in [4.78, 5) is 46.4. The molecule has 0 saturated heterocycles. The molecule has 1 aliphatic heterocycles. The fourth-order valence-corrected chi connectivity index (χ4v) is 4.62. The molecule has 2 aromatic rings. The summed E-state index contributed by atoms with van der Waals surface area (Å²) in [5, 5.41) is 3.46. The first-order valence-corrected chi connectivity index (χ1v) is 10.0. The highest BCUT2D eigenvalue weighted by Gasteiger charge is 2.38. The van der Waals surface area contributed by atoms with Gasteiger partial charge in [0.15, 0.2) is 0 Å². The topological polar surface area (TPSA) is 76.6 Å². The second-order valence-electron chi connectivity index (χ2n) is 7.22. The van der Waals surface area contributed by atoms with Crippen molar-refractivity contribution in [2.75, 3.05) is 0 Å². The van der Waals surface area contributed by atoms with E-state index in [1.165, 1.54) is 12.8 Å². The number of hydroxylamine groups is 2. The summed E-state index contributed by atoms with van der Waals surface area (Å²) in [7, 11) is 0. The molecule has 1 aromatic heterocycles. The number of rotatable bonds is 4. The maximum absolute atomic E-state index is 12.2. The van der Waals surface area contributed by atoms with Gasteiger partial charge < -0.3 is 4.84 Å². The zero-order valence-electron chi connectivity index (χ0n) is 15.0. The molecule has 0 atom stereocenters. The number of hydrogen-bond donors (Lipinski definition) is 0. The highest BCUT2D eigenvalue weighted by molar-refractivity contribution is 7.09. The van der Waals surface area contributed by atoms with E-state index in [0.717, 1.165) is 23.8 Å². The molecule has 2 amide bonds. The predicted octanol–water partition coefficient (Wildman–Crippen LogP) is 3.73. The number of aromatic nitrogens is 1. The van der Waals surface area contributed by atoms with Crippen LogP contribution in [0.4, 0.5) is 0 Å². The minimum Gasteiger partial charge on any atom is -0.329 e. The molecule has 2 heterocycles. The lowest BCUT2D eigenvalue weighted by atomic mass is 9.83. The highest BCUT2D eigenvalue weighted by atomic mass is 32.1. The molecule has 27 heavy (non-hydrogen) atoms. The standard InChI is InChI=1S/C20H20N2O4S/c1-12-6-8-13(9-7-12)18-21-14(11-27-18)10-17(23)26-22-19(24)15-4-2-3-5-16(15)20(22)25/h2-5,11-13H,6-10H2,1H3. The SMILES string of the molecule is CC1CCC(c2nc(CC(=O)ON3C(=O)c4ccccc4C3=O)cs2)CC1. The average molecular weight is 384 g/mol. The summed E-state index contributed by atoms with van der Waals surface area (Å²) in [5.74, 6) is -0.653. The van der Waals surface area contributed by atoms with Crippen LogP contribution in [-0.4, -0.2) is 27.8 Å². The van der Waals surface area contributed by atoms with Gasteiger partial charge in [-0.2, -0.15) is 0 Å². The van der Waals surface area contributed by atoms with Crippen molar-refractivity contribution in [2.24, 2.45) is 5.92 Å². The lowest BCUT2D eigenvalue weighted by Crippen LogP contribution is -2.33. The Morgan fingerprint density at radius 3 is 2.41 bits per heavy atom. The molecule has 1 aromatic carbocycles. The van der Waals surface area contributed by atoms with E-state index < -0.39 is 17.8 Å². The van der Waals surface area contributed by atoms with Crippen LogP contribution in [0.15, 0.2) is 29.6 Å². The monoisotopic (exact) mass is 384 g/mol. The van der Waals surface area contributed by atoms with Crippen molar-refractivity contribution < 1.29 is 19.2 Å². The third kappa shape index (κ3) is 3.51. The van der Waals surface area contributed by atoms with Crippen molar-refractivity contribution in [1.29, 1.82) is 0 Å². The first-order chi connectivity index (χ1) is 13.0. The van der Waals surface area contributed by atoms with E-state index in [1.54, 1.807) is 35.6 Å². The van der Waals surface area contributed by atoms with Crippen LogP contribution in [0.5, 0.6) is 0 Å². The number of nitrogens with zero attached hydrogens (tertiary/aromatic N) is 2. The normalized spacial score (nSPS) is 22.0. The Balaban J connectivity index is 1.38. The van der Waals surface area contributed by atoms with Crippen LogP contribution in [0, 0.1) is 5.92 Å². The number of thiazole rings is 1. The van der Waals surface area contributed by atoms with E-state index in [9.17, 15) is 14.4 Å². The molecule has 7 heteroatoms. The largest absolute Gasteiger partial charge is 0.339 e. The van der Waals surface area contributed by atoms with E-state index in [0.29, 0.717) is 16.7 Å². The molecule has 4 rings (SSSR count). The van der Waals surface area contributed by atoms with E-state index in [2.05, 4.69) is 11.9 Å². The molecule has 0 N–H and O–H groups in total. The molecule has 2 aliphatic rings. The van der Waals surface area contributed by atoms with E-state index >= 15 is 0 Å². The zero-order valence-corrected chi connectivity index (χ0v) is 15.8. The fraction of sp³-hybridized carbons (Fsp3) is 0.400. The van der Waals surface area contributed by atoms with Crippen LogP contribution in [0.25, 0.3) is 0 Å². The van der Waals surface area contributed by atoms with Gasteiger partial charge in [0.25, 0.3) is 11.8 Å². The Morgan fingerprint density at radius 1 is 1.15 bits per heavy atom. The van der Waals surface area contributed by atoms with Crippen LogP contribution < -0.4 is 0 Å². The van der Waals surface area contributed by atoms with Gasteiger partial charge in [0, 0.05) is 11.3 Å². The quantitative estimate of drug-likeness (QED) is 0.751. The fourth-order valence-electron chi connectivity index (χ4n) is 3.63. The summed E-state index contributed by atoms with van der Waals surface area (Å²) >= 11 is 1.57. The molecular formula is C20H20N2O4S. The van der Waals surface area contributed by atoms with Crippen molar-refractivity contribution in [3.05, 3.63) is 51.5 Å². The van der Waals surface area contributed by atoms with Crippen LogP contribution >= 0.6 is 11.3 Å². The Hall–Kier alpha value is -2.54. The van der Waals surface area contributed by atoms with Crippen molar-refractivity contribution in [1.82, 2.24) is 10.0 Å². The molecule has 0 bridgehead atoms. The molecule has 6 nitrogen and oxygen atoms in total. The number of fused-ring (bicyclic) bond motifs is 1. The summed E-state index contributed by atoms with van der Waals surface area (Å²) < 4.78 is 0. The van der Waals surface area contributed by atoms with Crippen molar-refractivity contribution in [3.8, 4) is 0 Å². The molecule has 1 saturated carbocycles. The smallest absolute Gasteiger partial charge is 0.329 e. The molecule has 1 aliphatic carbocycles. The van der Waals surface area contributed by atoms with Gasteiger partial charge in [-0.05, 0) is 30.9 Å². The van der Waals surface area contributed by atoms with Crippen LogP contribution in [0.1, 0.15) is 69.9 Å². The van der Waals surface area contributed by atoms with Gasteiger partial charge in [0.2, 0.25) is 0 Å². The number of carbonyl (C=O) groups excluding carboxylic acids is 3. The highest BCUT2D eigenvalue weighted by Crippen LogP contribution is 2.36. The van der Waals surface area contributed by atoms with Crippen LogP contribution in [0.2, 0.25) is 0 Å². The maximum Gasteiger partial charge on any atom is 0.339 e. The average Bonchev–Trinajstić information content (AvgIpc) is 3.22. The lowest BCUT2D eigenvalue weighted by molar-refractivity contribution is -0.167. The molecule has 140 valence electrons. The molecule has 0 unspecified atom stereocenters. The second kappa shape index (κ2) is 7.23. The predicted molar refractivity (Wildman–Crippen MR) is 99.2 cm³/mol. The minimum atomic E-state index is -0.668. The third-order valence-corrected chi connectivity index (χ3v) is 6.27. The number of benzene rings is 1. The Morgan fingerprint density at radius 2 is 1.78 bits per heavy atom. The van der Waals surface area contributed by atoms with Gasteiger partial charge in [-0.3, -0.25) is 9.59 Å². The first-order valence-electron chi connectivity index (χ1n) is 9.16. The van der Waals surface area contributed by atoms with E-state index in [-0.39, 0.29) is 17.5 Å². The maximum atomic E-state index is 12.2. The van der Waals surface area contributed by atoms with Crippen molar-refractivity contribution in [3.63, 3.8) is 0 Å². The summed E-state index contributed by atoms with van der Waals surface area (Å²) in [6.45, 7) is 2.28. The second-order valence-corrected chi connectivity index (χ2v) is 8.11. The summed E-state index contributed by atoms with van der Waals surface area (Å²) in [5.41, 5.74) is 1.12. The van der Waals surface area contributed by atoms with E-state index in [4.69, 9.17) is 4.84 Å². The van der Waals surface area contributed by atoms with Gasteiger partial charge in [-0.15, -0.1) is 11.3 Å². The number of carbonyl (C=O) groups is 3. The third-order valence-electron chi connectivity index (χ3n) is 5.21. The molecule has 1 fully saturated rings. The molecule has 0 radical (unpaired) electrons. The first kappa shape index (κ1) is 17.9. The van der Waals surface area contributed by atoms with Crippen molar-refractivity contribution >= 4 is 29.1 Å². The van der Waals surface area contributed by atoms with Gasteiger partial charge in [0.05, 0.1) is 28.2 Å². The van der Waals surface area contributed by atoms with Gasteiger partial charge in [0.1, 0.15) is 0 Å². The number of hydrogen-bond acceptors (Lipinski definition) is 6. The molecule has 0 spiro atoms. The van der Waals surface area contributed by atoms with Gasteiger partial charge >= 0.3 is 5.97 Å². The number of imide groups is 1. The van der Waals surface area contributed by atoms with Gasteiger partial charge in [-0.25, -0.2) is 9.78 Å². The minimum absolute atomic E-state index is 0.0625. The Kier molecular flexibility index (Phi) is 4.78. The Labute approximate surface area is 161 Å². The van der Waals surface area contributed by atoms with Gasteiger partial charge in [-0.1, -0.05) is 37.0 Å². The van der Waals surface area contributed by atoms with Crippen LogP contribution in [0.3, 0.4) is 0 Å². The lowest BCUT2D eigenvalue weighted by Gasteiger charge is -2.24. The number of amides is 2. The Bertz CT molecular complexity index is 864. The van der Waals surface area contributed by atoms with E-state index in [1.807, 2.05) is 5.38 Å².